The Hall–Kier alpha value is -1.59. The molecule has 5 nitrogen and oxygen atoms in total. The van der Waals surface area contributed by atoms with E-state index < -0.39 is 0 Å². The minimum atomic E-state index is 0.289. The van der Waals surface area contributed by atoms with Crippen LogP contribution in [0.15, 0.2) is 12.1 Å². The summed E-state index contributed by atoms with van der Waals surface area (Å²) in [4.78, 5) is 19.3. The van der Waals surface area contributed by atoms with Crippen molar-refractivity contribution in [2.75, 3.05) is 39.3 Å². The molecule has 0 aliphatic carbocycles. The maximum Gasteiger partial charge on any atom is 0.236 e. The molecule has 0 spiro atoms. The van der Waals surface area contributed by atoms with E-state index in [0.29, 0.717) is 18.3 Å². The van der Waals surface area contributed by atoms with Crippen LogP contribution in [0.25, 0.3) is 0 Å². The molecule has 0 bridgehead atoms. The molecular weight excluding hydrogens is 326 g/mol. The molecule has 3 rings (SSSR count). The Morgan fingerprint density at radius 1 is 1.04 bits per heavy atom. The Bertz CT molecular complexity index is 638. The Labute approximate surface area is 157 Å². The lowest BCUT2D eigenvalue weighted by Gasteiger charge is -2.38. The zero-order valence-electron chi connectivity index (χ0n) is 16.5. The number of benzene rings is 1. The van der Waals surface area contributed by atoms with Crippen molar-refractivity contribution in [3.8, 4) is 5.75 Å². The molecule has 1 amide bonds. The monoisotopic (exact) mass is 359 g/mol. The van der Waals surface area contributed by atoms with Gasteiger partial charge in [-0.25, -0.2) is 0 Å². The van der Waals surface area contributed by atoms with Gasteiger partial charge in [0.05, 0.1) is 6.54 Å². The van der Waals surface area contributed by atoms with Crippen LogP contribution in [-0.2, 0) is 11.3 Å². The fourth-order valence-corrected chi connectivity index (χ4v) is 4.08. The Morgan fingerprint density at radius 3 is 2.38 bits per heavy atom. The van der Waals surface area contributed by atoms with Crippen molar-refractivity contribution < 1.29 is 9.90 Å². The van der Waals surface area contributed by atoms with Crippen LogP contribution in [0, 0.1) is 13.8 Å². The fourth-order valence-electron chi connectivity index (χ4n) is 4.08. The number of piperazine rings is 1. The number of carbonyl (C=O) groups is 1. The highest BCUT2D eigenvalue weighted by Gasteiger charge is 2.26. The van der Waals surface area contributed by atoms with Gasteiger partial charge in [0.25, 0.3) is 0 Å². The van der Waals surface area contributed by atoms with Crippen molar-refractivity contribution in [1.82, 2.24) is 14.7 Å². The van der Waals surface area contributed by atoms with Crippen molar-refractivity contribution in [3.63, 3.8) is 0 Å². The molecular formula is C21H33N3O2. The van der Waals surface area contributed by atoms with Crippen molar-refractivity contribution in [2.24, 2.45) is 0 Å². The molecule has 1 atom stereocenters. The molecule has 2 fully saturated rings. The van der Waals surface area contributed by atoms with E-state index in [1.54, 1.807) is 0 Å². The van der Waals surface area contributed by atoms with E-state index in [0.717, 1.165) is 63.2 Å². The highest BCUT2D eigenvalue weighted by Crippen LogP contribution is 2.24. The van der Waals surface area contributed by atoms with E-state index in [2.05, 4.69) is 34.6 Å². The number of rotatable bonds is 4. The van der Waals surface area contributed by atoms with Gasteiger partial charge in [0, 0.05) is 50.9 Å². The van der Waals surface area contributed by atoms with Crippen LogP contribution in [0.2, 0.25) is 0 Å². The van der Waals surface area contributed by atoms with E-state index >= 15 is 0 Å². The minimum Gasteiger partial charge on any atom is -0.508 e. The Kier molecular flexibility index (Phi) is 6.20. The average Bonchev–Trinajstić information content (AvgIpc) is 2.61. The SMILES string of the molecule is Cc1cc(O)c(CN2CCN(CC(=O)N3CCCC[C@@H]3C)CC2)cc1C. The van der Waals surface area contributed by atoms with E-state index in [1.807, 2.05) is 13.0 Å². The Morgan fingerprint density at radius 2 is 1.69 bits per heavy atom. The van der Waals surface area contributed by atoms with Crippen molar-refractivity contribution >= 4 is 5.91 Å². The molecule has 0 saturated carbocycles. The first kappa shape index (κ1) is 19.2. The summed E-state index contributed by atoms with van der Waals surface area (Å²) in [5.74, 6) is 0.683. The van der Waals surface area contributed by atoms with Crippen LogP contribution in [0.3, 0.4) is 0 Å². The second kappa shape index (κ2) is 8.40. The first-order valence-electron chi connectivity index (χ1n) is 9.97. The standard InChI is InChI=1S/C21H33N3O2/c1-16-12-19(20(25)13-17(16)2)14-22-8-10-23(11-9-22)15-21(26)24-7-5-4-6-18(24)3/h12-13,18,25H,4-11,14-15H2,1-3H3/t18-/m0/s1. The third-order valence-corrected chi connectivity index (χ3v) is 6.04. The lowest BCUT2D eigenvalue weighted by atomic mass is 10.0. The maximum absolute atomic E-state index is 12.6. The van der Waals surface area contributed by atoms with Crippen molar-refractivity contribution in [3.05, 3.63) is 28.8 Å². The molecule has 0 radical (unpaired) electrons. The summed E-state index contributed by atoms with van der Waals surface area (Å²) in [6.07, 6.45) is 3.53. The summed E-state index contributed by atoms with van der Waals surface area (Å²) in [6.45, 7) is 12.2. The van der Waals surface area contributed by atoms with Gasteiger partial charge in [-0.15, -0.1) is 0 Å². The fraction of sp³-hybridized carbons (Fsp3) is 0.667. The van der Waals surface area contributed by atoms with Gasteiger partial charge < -0.3 is 10.0 Å². The van der Waals surface area contributed by atoms with Gasteiger partial charge >= 0.3 is 0 Å². The molecule has 2 heterocycles. The number of hydrogen-bond acceptors (Lipinski definition) is 4. The number of piperidine rings is 1. The van der Waals surface area contributed by atoms with Crippen LogP contribution in [0.5, 0.6) is 5.75 Å². The minimum absolute atomic E-state index is 0.289. The molecule has 5 heteroatoms. The average molecular weight is 360 g/mol. The summed E-state index contributed by atoms with van der Waals surface area (Å²) >= 11 is 0. The highest BCUT2D eigenvalue weighted by atomic mass is 16.3. The topological polar surface area (TPSA) is 47.0 Å². The molecule has 0 aromatic heterocycles. The second-order valence-corrected chi connectivity index (χ2v) is 8.05. The van der Waals surface area contributed by atoms with E-state index in [-0.39, 0.29) is 5.91 Å². The van der Waals surface area contributed by atoms with Crippen LogP contribution in [0.1, 0.15) is 42.9 Å². The number of aryl methyl sites for hydroxylation is 2. The molecule has 26 heavy (non-hydrogen) atoms. The lowest BCUT2D eigenvalue weighted by Crippen LogP contribution is -2.51. The normalized spacial score (nSPS) is 22.6. The number of carbonyl (C=O) groups excluding carboxylic acids is 1. The summed E-state index contributed by atoms with van der Waals surface area (Å²) in [6, 6.07) is 4.35. The van der Waals surface area contributed by atoms with E-state index in [1.165, 1.54) is 12.0 Å². The predicted molar refractivity (Wildman–Crippen MR) is 104 cm³/mol. The van der Waals surface area contributed by atoms with Gasteiger partial charge in [-0.1, -0.05) is 6.07 Å². The maximum atomic E-state index is 12.6. The van der Waals surface area contributed by atoms with E-state index in [9.17, 15) is 9.90 Å². The Balaban J connectivity index is 1.48. The van der Waals surface area contributed by atoms with Crippen LogP contribution in [0.4, 0.5) is 0 Å². The molecule has 1 aromatic carbocycles. The van der Waals surface area contributed by atoms with Crippen molar-refractivity contribution in [1.29, 1.82) is 0 Å². The number of phenolic OH excluding ortho intramolecular Hbond substituents is 1. The number of phenols is 1. The first-order chi connectivity index (χ1) is 12.4. The van der Waals surface area contributed by atoms with Crippen LogP contribution < -0.4 is 0 Å². The molecule has 1 aromatic rings. The zero-order valence-corrected chi connectivity index (χ0v) is 16.5. The van der Waals surface area contributed by atoms with Gasteiger partial charge in [-0.05, 0) is 57.2 Å². The van der Waals surface area contributed by atoms with Gasteiger partial charge in [-0.3, -0.25) is 14.6 Å². The van der Waals surface area contributed by atoms with Crippen molar-refractivity contribution in [2.45, 2.75) is 52.6 Å². The van der Waals surface area contributed by atoms with Gasteiger partial charge in [0.2, 0.25) is 5.91 Å². The quantitative estimate of drug-likeness (QED) is 0.897. The largest absolute Gasteiger partial charge is 0.508 e. The number of aromatic hydroxyl groups is 1. The summed E-state index contributed by atoms with van der Waals surface area (Å²) in [7, 11) is 0. The number of hydrogen-bond donors (Lipinski definition) is 1. The number of nitrogens with zero attached hydrogens (tertiary/aromatic N) is 3. The third-order valence-electron chi connectivity index (χ3n) is 6.04. The molecule has 0 unspecified atom stereocenters. The summed E-state index contributed by atoms with van der Waals surface area (Å²) in [5, 5.41) is 10.2. The molecule has 1 N–H and O–H groups in total. The smallest absolute Gasteiger partial charge is 0.236 e. The van der Waals surface area contributed by atoms with Gasteiger partial charge in [-0.2, -0.15) is 0 Å². The van der Waals surface area contributed by atoms with Gasteiger partial charge in [0.15, 0.2) is 0 Å². The predicted octanol–water partition coefficient (Wildman–Crippen LogP) is 2.53. The number of amides is 1. The van der Waals surface area contributed by atoms with Gasteiger partial charge in [0.1, 0.15) is 5.75 Å². The first-order valence-corrected chi connectivity index (χ1v) is 9.97. The molecule has 2 aliphatic heterocycles. The zero-order chi connectivity index (χ0) is 18.7. The van der Waals surface area contributed by atoms with Crippen LogP contribution >= 0.6 is 0 Å². The highest BCUT2D eigenvalue weighted by molar-refractivity contribution is 5.78. The molecule has 2 aliphatic rings. The van der Waals surface area contributed by atoms with E-state index in [4.69, 9.17) is 0 Å². The lowest BCUT2D eigenvalue weighted by molar-refractivity contribution is -0.136. The second-order valence-electron chi connectivity index (χ2n) is 8.05. The third kappa shape index (κ3) is 4.57. The van der Waals surface area contributed by atoms with Crippen LogP contribution in [-0.4, -0.2) is 71.0 Å². The number of likely N-dealkylation sites (tertiary alicyclic amines) is 1. The molecule has 2 saturated heterocycles. The molecule has 144 valence electrons. The summed E-state index contributed by atoms with van der Waals surface area (Å²) < 4.78 is 0. The summed E-state index contributed by atoms with van der Waals surface area (Å²) in [5.41, 5.74) is 3.35.